The molecule has 0 atom stereocenters. The summed E-state index contributed by atoms with van der Waals surface area (Å²) in [5.74, 6) is -0.554. The highest BCUT2D eigenvalue weighted by Crippen LogP contribution is 2.32. The highest BCUT2D eigenvalue weighted by Gasteiger charge is 2.28. The molecule has 0 aliphatic heterocycles. The van der Waals surface area contributed by atoms with Gasteiger partial charge in [0.05, 0.1) is 10.9 Å². The van der Waals surface area contributed by atoms with Crippen molar-refractivity contribution in [1.29, 1.82) is 0 Å². The van der Waals surface area contributed by atoms with Crippen LogP contribution in [-0.2, 0) is 14.8 Å². The largest absolute Gasteiger partial charge is 0.465 e. The Labute approximate surface area is 125 Å². The number of ether oxygens (including phenoxy) is 1. The first-order valence-corrected chi connectivity index (χ1v) is 8.64. The van der Waals surface area contributed by atoms with Gasteiger partial charge in [-0.25, -0.2) is 17.9 Å². The molecular formula is C11H16BrNO4S2. The standard InChI is InChI=1S/C11H16BrNO4S2/c1-5-11(2,3)13-19(15,16)8-6-7(10(14)17-4)18-9(8)12/h6,13H,5H2,1-4H3. The summed E-state index contributed by atoms with van der Waals surface area (Å²) in [7, 11) is -2.42. The normalized spacial score (nSPS) is 12.5. The van der Waals surface area contributed by atoms with E-state index in [9.17, 15) is 13.2 Å². The second-order valence-electron chi connectivity index (χ2n) is 4.58. The number of halogens is 1. The summed E-state index contributed by atoms with van der Waals surface area (Å²) >= 11 is 4.20. The van der Waals surface area contributed by atoms with Crippen LogP contribution in [0.2, 0.25) is 0 Å². The zero-order valence-electron chi connectivity index (χ0n) is 11.1. The zero-order chi connectivity index (χ0) is 14.8. The second kappa shape index (κ2) is 5.90. The molecule has 0 amide bonds. The van der Waals surface area contributed by atoms with Crippen LogP contribution < -0.4 is 4.72 Å². The van der Waals surface area contributed by atoms with E-state index < -0.39 is 21.5 Å². The monoisotopic (exact) mass is 369 g/mol. The first-order valence-electron chi connectivity index (χ1n) is 5.54. The molecule has 0 aliphatic carbocycles. The molecule has 19 heavy (non-hydrogen) atoms. The molecule has 0 bridgehead atoms. The SMILES string of the molecule is CCC(C)(C)NS(=O)(=O)c1cc(C(=O)OC)sc1Br. The number of sulfonamides is 1. The van der Waals surface area contributed by atoms with Crippen LogP contribution in [0.4, 0.5) is 0 Å². The van der Waals surface area contributed by atoms with Crippen LogP contribution in [0.25, 0.3) is 0 Å². The quantitative estimate of drug-likeness (QED) is 0.809. The number of hydrogen-bond acceptors (Lipinski definition) is 5. The van der Waals surface area contributed by atoms with Gasteiger partial charge in [0.1, 0.15) is 9.77 Å². The number of esters is 1. The van der Waals surface area contributed by atoms with Crippen molar-refractivity contribution in [3.63, 3.8) is 0 Å². The van der Waals surface area contributed by atoms with Gasteiger partial charge < -0.3 is 4.74 Å². The number of carbonyl (C=O) groups excluding carboxylic acids is 1. The smallest absolute Gasteiger partial charge is 0.348 e. The molecule has 0 fully saturated rings. The van der Waals surface area contributed by atoms with E-state index in [0.29, 0.717) is 10.2 Å². The van der Waals surface area contributed by atoms with Gasteiger partial charge in [-0.1, -0.05) is 6.92 Å². The maximum Gasteiger partial charge on any atom is 0.348 e. The first kappa shape index (κ1) is 16.6. The lowest BCUT2D eigenvalue weighted by molar-refractivity contribution is 0.0606. The minimum atomic E-state index is -3.68. The van der Waals surface area contributed by atoms with Crippen molar-refractivity contribution >= 4 is 43.3 Å². The highest BCUT2D eigenvalue weighted by molar-refractivity contribution is 9.11. The predicted molar refractivity (Wildman–Crippen MR) is 78.1 cm³/mol. The van der Waals surface area contributed by atoms with Crippen molar-refractivity contribution in [2.24, 2.45) is 0 Å². The van der Waals surface area contributed by atoms with Crippen LogP contribution in [0.3, 0.4) is 0 Å². The molecule has 1 aromatic rings. The van der Waals surface area contributed by atoms with Crippen LogP contribution >= 0.6 is 27.3 Å². The van der Waals surface area contributed by atoms with E-state index in [1.807, 2.05) is 6.92 Å². The van der Waals surface area contributed by atoms with E-state index in [0.717, 1.165) is 11.3 Å². The van der Waals surface area contributed by atoms with Crippen molar-refractivity contribution in [2.45, 2.75) is 37.6 Å². The lowest BCUT2D eigenvalue weighted by Crippen LogP contribution is -2.42. The van der Waals surface area contributed by atoms with E-state index in [4.69, 9.17) is 0 Å². The third-order valence-electron chi connectivity index (χ3n) is 2.63. The fourth-order valence-electron chi connectivity index (χ4n) is 1.23. The maximum absolute atomic E-state index is 12.3. The second-order valence-corrected chi connectivity index (χ2v) is 8.60. The van der Waals surface area contributed by atoms with E-state index in [1.54, 1.807) is 13.8 Å². The van der Waals surface area contributed by atoms with E-state index >= 15 is 0 Å². The molecule has 0 aliphatic rings. The van der Waals surface area contributed by atoms with Crippen LogP contribution in [0.15, 0.2) is 14.7 Å². The van der Waals surface area contributed by atoms with Gasteiger partial charge in [-0.15, -0.1) is 11.3 Å². The van der Waals surface area contributed by atoms with Gasteiger partial charge in [-0.2, -0.15) is 0 Å². The topological polar surface area (TPSA) is 72.5 Å². The third-order valence-corrected chi connectivity index (χ3v) is 6.56. The van der Waals surface area contributed by atoms with E-state index in [-0.39, 0.29) is 9.77 Å². The first-order chi connectivity index (χ1) is 8.63. The molecule has 1 N–H and O–H groups in total. The Kier molecular flexibility index (Phi) is 5.16. The molecule has 1 rings (SSSR count). The van der Waals surface area contributed by atoms with Crippen molar-refractivity contribution < 1.29 is 17.9 Å². The van der Waals surface area contributed by atoms with E-state index in [1.165, 1.54) is 13.2 Å². The molecule has 1 aromatic heterocycles. The summed E-state index contributed by atoms with van der Waals surface area (Å²) in [6, 6.07) is 1.31. The summed E-state index contributed by atoms with van der Waals surface area (Å²) < 4.78 is 32.1. The van der Waals surface area contributed by atoms with Crippen molar-refractivity contribution in [2.75, 3.05) is 7.11 Å². The summed E-state index contributed by atoms with van der Waals surface area (Å²) in [4.78, 5) is 11.7. The van der Waals surface area contributed by atoms with Crippen molar-refractivity contribution in [3.05, 3.63) is 14.7 Å². The number of thiophene rings is 1. The van der Waals surface area contributed by atoms with Gasteiger partial charge in [0.25, 0.3) is 0 Å². The Morgan fingerprint density at radius 3 is 2.58 bits per heavy atom. The minimum absolute atomic E-state index is 0.0550. The number of rotatable bonds is 5. The molecule has 0 spiro atoms. The Bertz CT molecular complexity index is 578. The molecule has 0 aromatic carbocycles. The Morgan fingerprint density at radius 2 is 2.11 bits per heavy atom. The number of methoxy groups -OCH3 is 1. The minimum Gasteiger partial charge on any atom is -0.465 e. The average Bonchev–Trinajstić information content (AvgIpc) is 2.70. The molecule has 0 unspecified atom stereocenters. The molecule has 8 heteroatoms. The Balaban J connectivity index is 3.16. The average molecular weight is 370 g/mol. The van der Waals surface area contributed by atoms with Crippen LogP contribution in [0.5, 0.6) is 0 Å². The van der Waals surface area contributed by atoms with Gasteiger partial charge in [0.15, 0.2) is 0 Å². The maximum atomic E-state index is 12.3. The van der Waals surface area contributed by atoms with Crippen LogP contribution in [0, 0.1) is 0 Å². The summed E-state index contributed by atoms with van der Waals surface area (Å²) in [6.45, 7) is 5.49. The zero-order valence-corrected chi connectivity index (χ0v) is 14.3. The molecular weight excluding hydrogens is 354 g/mol. The summed E-state index contributed by atoms with van der Waals surface area (Å²) in [5.41, 5.74) is -0.550. The van der Waals surface area contributed by atoms with Crippen molar-refractivity contribution in [1.82, 2.24) is 4.72 Å². The van der Waals surface area contributed by atoms with Gasteiger partial charge in [0.2, 0.25) is 10.0 Å². The fraction of sp³-hybridized carbons (Fsp3) is 0.545. The molecule has 108 valence electrons. The van der Waals surface area contributed by atoms with Gasteiger partial charge in [-0.05, 0) is 42.3 Å². The fourth-order valence-corrected chi connectivity index (χ4v) is 5.20. The van der Waals surface area contributed by atoms with Gasteiger partial charge in [0, 0.05) is 5.54 Å². The third kappa shape index (κ3) is 4.01. The predicted octanol–water partition coefficient (Wildman–Crippen LogP) is 2.76. The number of nitrogens with one attached hydrogen (secondary N) is 1. The molecule has 0 saturated heterocycles. The van der Waals surface area contributed by atoms with Gasteiger partial charge >= 0.3 is 5.97 Å². The lowest BCUT2D eigenvalue weighted by Gasteiger charge is -2.23. The lowest BCUT2D eigenvalue weighted by atomic mass is 10.0. The highest BCUT2D eigenvalue weighted by atomic mass is 79.9. The Morgan fingerprint density at radius 1 is 1.53 bits per heavy atom. The molecule has 0 radical (unpaired) electrons. The van der Waals surface area contributed by atoms with Crippen LogP contribution in [0.1, 0.15) is 36.9 Å². The number of carbonyl (C=O) groups is 1. The van der Waals surface area contributed by atoms with E-state index in [2.05, 4.69) is 25.4 Å². The molecule has 1 heterocycles. The van der Waals surface area contributed by atoms with Gasteiger partial charge in [-0.3, -0.25) is 0 Å². The van der Waals surface area contributed by atoms with Crippen molar-refractivity contribution in [3.8, 4) is 0 Å². The molecule has 5 nitrogen and oxygen atoms in total. The Hall–Kier alpha value is -0.440. The molecule has 0 saturated carbocycles. The van der Waals surface area contributed by atoms with Crippen LogP contribution in [-0.4, -0.2) is 27.0 Å². The summed E-state index contributed by atoms with van der Waals surface area (Å²) in [5, 5.41) is 0. The summed E-state index contributed by atoms with van der Waals surface area (Å²) in [6.07, 6.45) is 0.651. The number of hydrogen-bond donors (Lipinski definition) is 1.